The Hall–Kier alpha value is -2.13. The molecule has 0 fully saturated rings. The molecule has 2 rings (SSSR count). The van der Waals surface area contributed by atoms with Gasteiger partial charge in [0.15, 0.2) is 0 Å². The second-order valence-electron chi connectivity index (χ2n) is 4.01. The minimum atomic E-state index is -0.280. The largest absolute Gasteiger partial charge is 0.271 e. The highest BCUT2D eigenvalue weighted by molar-refractivity contribution is 6.30. The number of halogens is 1. The number of carbonyl (C=O) groups is 1. The molecule has 0 aliphatic carbocycles. The summed E-state index contributed by atoms with van der Waals surface area (Å²) in [6.07, 6.45) is 0. The van der Waals surface area contributed by atoms with Crippen LogP contribution in [0.15, 0.2) is 59.7 Å². The average Bonchev–Trinajstić information content (AvgIpc) is 2.45. The minimum absolute atomic E-state index is 0.280. The first kappa shape index (κ1) is 13.3. The van der Waals surface area contributed by atoms with Gasteiger partial charge in [0.25, 0.3) is 5.91 Å². The molecule has 96 valence electrons. The molecule has 0 bridgehead atoms. The van der Waals surface area contributed by atoms with Crippen LogP contribution >= 0.6 is 11.6 Å². The maximum Gasteiger partial charge on any atom is 0.271 e. The molecule has 2 aromatic carbocycles. The highest BCUT2D eigenvalue weighted by Crippen LogP contribution is 2.10. The fourth-order valence-corrected chi connectivity index (χ4v) is 1.76. The monoisotopic (exact) mass is 272 g/mol. The van der Waals surface area contributed by atoms with Gasteiger partial charge in [-0.2, -0.15) is 5.10 Å². The van der Waals surface area contributed by atoms with Crippen LogP contribution in [0.3, 0.4) is 0 Å². The lowest BCUT2D eigenvalue weighted by Crippen LogP contribution is -2.19. The quantitative estimate of drug-likeness (QED) is 0.674. The summed E-state index contributed by atoms with van der Waals surface area (Å²) in [4.78, 5) is 11.9. The van der Waals surface area contributed by atoms with E-state index in [9.17, 15) is 4.79 Å². The van der Waals surface area contributed by atoms with Crippen LogP contribution in [0.25, 0.3) is 0 Å². The number of hydrogen-bond acceptors (Lipinski definition) is 2. The maximum atomic E-state index is 11.9. The summed E-state index contributed by atoms with van der Waals surface area (Å²) in [5.74, 6) is -0.280. The first-order chi connectivity index (χ1) is 9.16. The van der Waals surface area contributed by atoms with E-state index in [2.05, 4.69) is 10.5 Å². The zero-order chi connectivity index (χ0) is 13.7. The van der Waals surface area contributed by atoms with Crippen LogP contribution in [0, 0.1) is 0 Å². The fraction of sp³-hybridized carbons (Fsp3) is 0.0667. The Balaban J connectivity index is 2.08. The van der Waals surface area contributed by atoms with Gasteiger partial charge in [0.2, 0.25) is 0 Å². The summed E-state index contributed by atoms with van der Waals surface area (Å²) >= 11 is 5.83. The van der Waals surface area contributed by atoms with E-state index < -0.39 is 0 Å². The molecule has 0 saturated heterocycles. The smallest absolute Gasteiger partial charge is 0.267 e. The molecule has 0 saturated carbocycles. The van der Waals surface area contributed by atoms with E-state index in [4.69, 9.17) is 11.6 Å². The van der Waals surface area contributed by atoms with Crippen molar-refractivity contribution < 1.29 is 4.79 Å². The van der Waals surface area contributed by atoms with Gasteiger partial charge < -0.3 is 0 Å². The summed E-state index contributed by atoms with van der Waals surface area (Å²) in [5.41, 5.74) is 4.71. The number of hydrogen-bond donors (Lipinski definition) is 1. The lowest BCUT2D eigenvalue weighted by atomic mass is 10.1. The standard InChI is InChI=1S/C15H13ClN2O/c1-11(12-6-3-2-4-7-12)17-18-15(19)13-8-5-9-14(16)10-13/h2-10H,1H3,(H,18,19)/b17-11+. The van der Waals surface area contributed by atoms with Crippen molar-refractivity contribution in [2.24, 2.45) is 5.10 Å². The number of nitrogens with zero attached hydrogens (tertiary/aromatic N) is 1. The second-order valence-corrected chi connectivity index (χ2v) is 4.45. The molecule has 1 amide bonds. The van der Waals surface area contributed by atoms with Crippen molar-refractivity contribution in [3.8, 4) is 0 Å². The molecular formula is C15H13ClN2O. The zero-order valence-corrected chi connectivity index (χ0v) is 11.2. The van der Waals surface area contributed by atoms with E-state index in [1.165, 1.54) is 0 Å². The van der Waals surface area contributed by atoms with Crippen molar-refractivity contribution in [3.05, 3.63) is 70.7 Å². The van der Waals surface area contributed by atoms with Gasteiger partial charge in [-0.3, -0.25) is 4.79 Å². The predicted molar refractivity (Wildman–Crippen MR) is 77.6 cm³/mol. The van der Waals surface area contributed by atoms with Crippen molar-refractivity contribution in [2.75, 3.05) is 0 Å². The number of hydrazone groups is 1. The molecule has 0 unspecified atom stereocenters. The Morgan fingerprint density at radius 1 is 1.05 bits per heavy atom. The lowest BCUT2D eigenvalue weighted by Gasteiger charge is -2.03. The van der Waals surface area contributed by atoms with Crippen LogP contribution in [0.2, 0.25) is 5.02 Å². The third kappa shape index (κ3) is 3.66. The highest BCUT2D eigenvalue weighted by Gasteiger charge is 2.05. The summed E-state index contributed by atoms with van der Waals surface area (Å²) in [6.45, 7) is 1.84. The van der Waals surface area contributed by atoms with E-state index in [-0.39, 0.29) is 5.91 Å². The van der Waals surface area contributed by atoms with Gasteiger partial charge in [0.1, 0.15) is 0 Å². The van der Waals surface area contributed by atoms with Gasteiger partial charge in [-0.25, -0.2) is 5.43 Å². The van der Waals surface area contributed by atoms with Crippen LogP contribution in [0.1, 0.15) is 22.8 Å². The molecule has 0 aromatic heterocycles. The number of rotatable bonds is 3. The number of carbonyl (C=O) groups excluding carboxylic acids is 1. The van der Waals surface area contributed by atoms with Crippen molar-refractivity contribution in [1.82, 2.24) is 5.43 Å². The lowest BCUT2D eigenvalue weighted by molar-refractivity contribution is 0.0955. The van der Waals surface area contributed by atoms with Crippen LogP contribution in [-0.4, -0.2) is 11.6 Å². The van der Waals surface area contributed by atoms with E-state index >= 15 is 0 Å². The van der Waals surface area contributed by atoms with Crippen molar-refractivity contribution in [3.63, 3.8) is 0 Å². The minimum Gasteiger partial charge on any atom is -0.267 e. The van der Waals surface area contributed by atoms with Crippen LogP contribution in [-0.2, 0) is 0 Å². The molecule has 0 radical (unpaired) electrons. The van der Waals surface area contributed by atoms with Gasteiger partial charge in [-0.1, -0.05) is 48.0 Å². The maximum absolute atomic E-state index is 11.9. The Labute approximate surface area is 116 Å². The number of nitrogens with one attached hydrogen (secondary N) is 1. The summed E-state index contributed by atoms with van der Waals surface area (Å²) < 4.78 is 0. The molecular weight excluding hydrogens is 260 g/mol. The number of amides is 1. The third-order valence-electron chi connectivity index (χ3n) is 2.60. The first-order valence-electron chi connectivity index (χ1n) is 5.82. The highest BCUT2D eigenvalue weighted by atomic mass is 35.5. The van der Waals surface area contributed by atoms with E-state index in [1.807, 2.05) is 37.3 Å². The molecule has 19 heavy (non-hydrogen) atoms. The van der Waals surface area contributed by atoms with Crippen molar-refractivity contribution in [2.45, 2.75) is 6.92 Å². The Morgan fingerprint density at radius 3 is 2.42 bits per heavy atom. The van der Waals surface area contributed by atoms with E-state index in [1.54, 1.807) is 24.3 Å². The van der Waals surface area contributed by atoms with Gasteiger partial charge in [0, 0.05) is 10.6 Å². The van der Waals surface area contributed by atoms with Crippen LogP contribution < -0.4 is 5.43 Å². The Kier molecular flexibility index (Phi) is 4.31. The van der Waals surface area contributed by atoms with Crippen molar-refractivity contribution >= 4 is 23.2 Å². The van der Waals surface area contributed by atoms with Gasteiger partial charge in [-0.05, 0) is 30.7 Å². The van der Waals surface area contributed by atoms with Crippen molar-refractivity contribution in [1.29, 1.82) is 0 Å². The van der Waals surface area contributed by atoms with E-state index in [0.717, 1.165) is 11.3 Å². The average molecular weight is 273 g/mol. The first-order valence-corrected chi connectivity index (χ1v) is 6.20. The van der Waals surface area contributed by atoms with Gasteiger partial charge >= 0.3 is 0 Å². The normalized spacial score (nSPS) is 11.2. The molecule has 3 nitrogen and oxygen atoms in total. The molecule has 0 heterocycles. The molecule has 1 N–H and O–H groups in total. The molecule has 2 aromatic rings. The summed E-state index contributed by atoms with van der Waals surface area (Å²) in [7, 11) is 0. The van der Waals surface area contributed by atoms with Crippen LogP contribution in [0.4, 0.5) is 0 Å². The Morgan fingerprint density at radius 2 is 1.74 bits per heavy atom. The predicted octanol–water partition coefficient (Wildman–Crippen LogP) is 3.49. The molecule has 4 heteroatoms. The van der Waals surface area contributed by atoms with E-state index in [0.29, 0.717) is 10.6 Å². The summed E-state index contributed by atoms with van der Waals surface area (Å²) in [5, 5.41) is 4.60. The molecule has 0 aliphatic rings. The molecule has 0 atom stereocenters. The van der Waals surface area contributed by atoms with Crippen LogP contribution in [0.5, 0.6) is 0 Å². The number of benzene rings is 2. The molecule has 0 spiro atoms. The topological polar surface area (TPSA) is 41.5 Å². The zero-order valence-electron chi connectivity index (χ0n) is 10.4. The van der Waals surface area contributed by atoms with Gasteiger partial charge in [0.05, 0.1) is 5.71 Å². The summed E-state index contributed by atoms with van der Waals surface area (Å²) in [6, 6.07) is 16.4. The Bertz CT molecular complexity index is 609. The third-order valence-corrected chi connectivity index (χ3v) is 2.84. The SMILES string of the molecule is C/C(=N\NC(=O)c1cccc(Cl)c1)c1ccccc1. The molecule has 0 aliphatic heterocycles. The second kappa shape index (κ2) is 6.16. The fourth-order valence-electron chi connectivity index (χ4n) is 1.57. The van der Waals surface area contributed by atoms with Gasteiger partial charge in [-0.15, -0.1) is 0 Å².